The van der Waals surface area contributed by atoms with Crippen molar-refractivity contribution in [3.05, 3.63) is 35.7 Å². The molecule has 17 heavy (non-hydrogen) atoms. The fraction of sp³-hybridized carbons (Fsp3) is 0.100. The Morgan fingerprint density at radius 2 is 2.18 bits per heavy atom. The number of carbonyl (C=O) groups is 1. The van der Waals surface area contributed by atoms with Gasteiger partial charge in [0.05, 0.1) is 11.3 Å². The highest BCUT2D eigenvalue weighted by molar-refractivity contribution is 6.07. The normalized spacial score (nSPS) is 10.0. The minimum atomic E-state index is -0.373. The zero-order chi connectivity index (χ0) is 12.3. The summed E-state index contributed by atoms with van der Waals surface area (Å²) in [7, 11) is 0. The molecule has 88 valence electrons. The van der Waals surface area contributed by atoms with Crippen molar-refractivity contribution in [3.8, 4) is 0 Å². The number of amides is 1. The quantitative estimate of drug-likeness (QED) is 0.537. The third-order valence-corrected chi connectivity index (χ3v) is 2.08. The average molecular weight is 233 g/mol. The first-order valence-corrected chi connectivity index (χ1v) is 4.88. The number of nitrogens with two attached hydrogens (primary N) is 1. The van der Waals surface area contributed by atoms with Gasteiger partial charge in [0.1, 0.15) is 0 Å². The van der Waals surface area contributed by atoms with Gasteiger partial charge in [-0.3, -0.25) is 16.0 Å². The number of aromatic nitrogens is 2. The van der Waals surface area contributed by atoms with Gasteiger partial charge in [0.25, 0.3) is 5.91 Å². The van der Waals surface area contributed by atoms with Gasteiger partial charge in [-0.25, -0.2) is 0 Å². The smallest absolute Gasteiger partial charge is 0.323 e. The molecule has 1 heterocycles. The summed E-state index contributed by atoms with van der Waals surface area (Å²) < 4.78 is 4.79. The number of nitrogens with one attached hydrogen (secondary N) is 2. The van der Waals surface area contributed by atoms with Crippen LogP contribution in [0.15, 0.2) is 28.8 Å². The summed E-state index contributed by atoms with van der Waals surface area (Å²) in [6.45, 7) is 1.66. The molecule has 0 spiro atoms. The van der Waals surface area contributed by atoms with Crippen molar-refractivity contribution in [2.24, 2.45) is 5.84 Å². The summed E-state index contributed by atoms with van der Waals surface area (Å²) in [6, 6.07) is 6.87. The molecule has 0 saturated heterocycles. The molecular formula is C10H11N5O2. The van der Waals surface area contributed by atoms with Gasteiger partial charge in [-0.05, 0) is 19.1 Å². The van der Waals surface area contributed by atoms with Crippen LogP contribution >= 0.6 is 0 Å². The van der Waals surface area contributed by atoms with Crippen LogP contribution in [-0.2, 0) is 0 Å². The molecular weight excluding hydrogens is 222 g/mol. The lowest BCUT2D eigenvalue weighted by Crippen LogP contribution is -2.17. The molecule has 0 fully saturated rings. The number of hydrazine groups is 1. The van der Waals surface area contributed by atoms with E-state index in [0.29, 0.717) is 17.1 Å². The van der Waals surface area contributed by atoms with Crippen LogP contribution in [-0.4, -0.2) is 16.0 Å². The third kappa shape index (κ3) is 2.40. The first-order chi connectivity index (χ1) is 8.20. The maximum absolute atomic E-state index is 11.9. The Morgan fingerprint density at radius 3 is 2.82 bits per heavy atom. The van der Waals surface area contributed by atoms with Gasteiger partial charge in [-0.1, -0.05) is 17.3 Å². The fourth-order valence-corrected chi connectivity index (χ4v) is 1.32. The molecule has 7 nitrogen and oxygen atoms in total. The van der Waals surface area contributed by atoms with Crippen LogP contribution in [0.25, 0.3) is 0 Å². The van der Waals surface area contributed by atoms with Crippen molar-refractivity contribution in [2.45, 2.75) is 6.92 Å². The van der Waals surface area contributed by atoms with Gasteiger partial charge < -0.3 is 9.95 Å². The Balaban J connectivity index is 2.20. The molecule has 1 aromatic carbocycles. The standard InChI is InChI=1S/C10H11N5O2/c1-6-12-10(17-15-6)13-9(16)7-4-2-3-5-8(7)14-11/h2-5,14H,11H2,1H3,(H,12,13,15,16). The lowest BCUT2D eigenvalue weighted by atomic mass is 10.1. The number of nitrogens with zero attached hydrogens (tertiary/aromatic N) is 2. The van der Waals surface area contributed by atoms with Crippen molar-refractivity contribution in [1.29, 1.82) is 0 Å². The molecule has 0 bridgehead atoms. The van der Waals surface area contributed by atoms with Crippen molar-refractivity contribution >= 4 is 17.6 Å². The fourth-order valence-electron chi connectivity index (χ4n) is 1.32. The number of hydrogen-bond acceptors (Lipinski definition) is 6. The van der Waals surface area contributed by atoms with E-state index in [4.69, 9.17) is 10.4 Å². The zero-order valence-electron chi connectivity index (χ0n) is 9.10. The summed E-state index contributed by atoms with van der Waals surface area (Å²) in [5, 5.41) is 6.04. The molecule has 2 aromatic rings. The highest BCUT2D eigenvalue weighted by Crippen LogP contribution is 2.15. The van der Waals surface area contributed by atoms with E-state index in [1.165, 1.54) is 0 Å². The minimum Gasteiger partial charge on any atom is -0.323 e. The van der Waals surface area contributed by atoms with Crippen LogP contribution in [0.3, 0.4) is 0 Å². The molecule has 0 aliphatic heterocycles. The minimum absolute atomic E-state index is 0.0549. The molecule has 1 amide bonds. The van der Waals surface area contributed by atoms with Crippen molar-refractivity contribution in [3.63, 3.8) is 0 Å². The van der Waals surface area contributed by atoms with Gasteiger partial charge in [-0.15, -0.1) is 0 Å². The molecule has 0 aliphatic carbocycles. The number of carbonyl (C=O) groups excluding carboxylic acids is 1. The zero-order valence-corrected chi connectivity index (χ0v) is 9.10. The van der Waals surface area contributed by atoms with Crippen molar-refractivity contribution < 1.29 is 9.32 Å². The predicted molar refractivity (Wildman–Crippen MR) is 61.2 cm³/mol. The number of anilines is 2. The first-order valence-electron chi connectivity index (χ1n) is 4.88. The van der Waals surface area contributed by atoms with Crippen LogP contribution in [0.2, 0.25) is 0 Å². The SMILES string of the molecule is Cc1noc(NC(=O)c2ccccc2NN)n1. The summed E-state index contributed by atoms with van der Waals surface area (Å²) in [5.74, 6) is 5.38. The van der Waals surface area contributed by atoms with E-state index < -0.39 is 0 Å². The Labute approximate surface area is 97.0 Å². The van der Waals surface area contributed by atoms with Gasteiger partial charge >= 0.3 is 6.01 Å². The van der Waals surface area contributed by atoms with Gasteiger partial charge in [0, 0.05) is 0 Å². The molecule has 0 atom stereocenters. The molecule has 0 saturated carbocycles. The van der Waals surface area contributed by atoms with E-state index in [1.54, 1.807) is 31.2 Å². The van der Waals surface area contributed by atoms with Crippen molar-refractivity contribution in [1.82, 2.24) is 10.1 Å². The van der Waals surface area contributed by atoms with E-state index in [9.17, 15) is 4.79 Å². The number of aryl methyl sites for hydroxylation is 1. The van der Waals surface area contributed by atoms with E-state index in [1.807, 2.05) is 0 Å². The Morgan fingerprint density at radius 1 is 1.41 bits per heavy atom. The Bertz CT molecular complexity index is 537. The molecule has 0 unspecified atom stereocenters. The average Bonchev–Trinajstić information content (AvgIpc) is 2.74. The number of para-hydroxylation sites is 1. The van der Waals surface area contributed by atoms with Crippen LogP contribution in [0.1, 0.15) is 16.2 Å². The Hall–Kier alpha value is -2.41. The maximum atomic E-state index is 11.9. The van der Waals surface area contributed by atoms with E-state index >= 15 is 0 Å². The van der Waals surface area contributed by atoms with Crippen LogP contribution in [0.5, 0.6) is 0 Å². The second kappa shape index (κ2) is 4.62. The van der Waals surface area contributed by atoms with Gasteiger partial charge in [0.2, 0.25) is 0 Å². The molecule has 1 aromatic heterocycles. The first kappa shape index (κ1) is 11.1. The van der Waals surface area contributed by atoms with Gasteiger partial charge in [-0.2, -0.15) is 4.98 Å². The maximum Gasteiger partial charge on any atom is 0.328 e. The summed E-state index contributed by atoms with van der Waals surface area (Å²) in [6.07, 6.45) is 0. The number of benzene rings is 1. The molecule has 2 rings (SSSR count). The lowest BCUT2D eigenvalue weighted by molar-refractivity contribution is 0.102. The predicted octanol–water partition coefficient (Wildman–Crippen LogP) is 0.916. The number of nitrogen functional groups attached to an aromatic ring is 1. The van der Waals surface area contributed by atoms with Crippen LogP contribution < -0.4 is 16.6 Å². The Kier molecular flexibility index (Phi) is 3.01. The second-order valence-electron chi connectivity index (χ2n) is 3.29. The van der Waals surface area contributed by atoms with Crippen LogP contribution in [0, 0.1) is 6.92 Å². The van der Waals surface area contributed by atoms with E-state index in [-0.39, 0.29) is 11.9 Å². The monoisotopic (exact) mass is 233 g/mol. The number of rotatable bonds is 3. The number of hydrogen-bond donors (Lipinski definition) is 3. The van der Waals surface area contributed by atoms with Crippen molar-refractivity contribution in [2.75, 3.05) is 10.7 Å². The van der Waals surface area contributed by atoms with E-state index in [2.05, 4.69) is 20.9 Å². The molecule has 7 heteroatoms. The van der Waals surface area contributed by atoms with Crippen LogP contribution in [0.4, 0.5) is 11.7 Å². The molecule has 0 radical (unpaired) electrons. The second-order valence-corrected chi connectivity index (χ2v) is 3.29. The largest absolute Gasteiger partial charge is 0.328 e. The topological polar surface area (TPSA) is 106 Å². The summed E-state index contributed by atoms with van der Waals surface area (Å²) in [5.41, 5.74) is 3.35. The van der Waals surface area contributed by atoms with Gasteiger partial charge in [0.15, 0.2) is 5.82 Å². The van der Waals surface area contributed by atoms with E-state index in [0.717, 1.165) is 0 Å². The highest BCUT2D eigenvalue weighted by atomic mass is 16.5. The highest BCUT2D eigenvalue weighted by Gasteiger charge is 2.13. The molecule has 4 N–H and O–H groups in total. The summed E-state index contributed by atoms with van der Waals surface area (Å²) in [4.78, 5) is 15.7. The third-order valence-electron chi connectivity index (χ3n) is 2.08. The lowest BCUT2D eigenvalue weighted by Gasteiger charge is -2.06. The summed E-state index contributed by atoms with van der Waals surface area (Å²) >= 11 is 0. The molecule has 0 aliphatic rings.